The molecule has 0 amide bonds. The van der Waals surface area contributed by atoms with Crippen LogP contribution in [0.25, 0.3) is 11.0 Å². The van der Waals surface area contributed by atoms with E-state index in [4.69, 9.17) is 16.0 Å². The predicted molar refractivity (Wildman–Crippen MR) is 81.1 cm³/mol. The summed E-state index contributed by atoms with van der Waals surface area (Å²) in [6.07, 6.45) is 0.100. The molecule has 0 aliphatic carbocycles. The van der Waals surface area contributed by atoms with Crippen LogP contribution in [-0.2, 0) is 6.42 Å². The molecular weight excluding hydrogens is 272 g/mol. The number of hydrogen-bond acceptors (Lipinski definition) is 2. The summed E-state index contributed by atoms with van der Waals surface area (Å²) < 4.78 is 5.73. The highest BCUT2D eigenvalue weighted by molar-refractivity contribution is 6.34. The molecule has 0 saturated carbocycles. The lowest BCUT2D eigenvalue weighted by Crippen LogP contribution is -2.01. The predicted octanol–water partition coefficient (Wildman–Crippen LogP) is 4.73. The van der Waals surface area contributed by atoms with Crippen molar-refractivity contribution >= 4 is 22.6 Å². The third kappa shape index (κ3) is 2.21. The number of furan rings is 1. The maximum absolute atomic E-state index is 10.6. The summed E-state index contributed by atoms with van der Waals surface area (Å²) in [5.41, 5.74) is 2.62. The first-order valence-electron chi connectivity index (χ1n) is 6.64. The summed E-state index contributed by atoms with van der Waals surface area (Å²) >= 11 is 6.10. The van der Waals surface area contributed by atoms with Crippen LogP contribution in [0.3, 0.4) is 0 Å². The highest BCUT2D eigenvalue weighted by Crippen LogP contribution is 2.32. The Morgan fingerprint density at radius 3 is 2.70 bits per heavy atom. The van der Waals surface area contributed by atoms with Gasteiger partial charge in [-0.2, -0.15) is 0 Å². The molecule has 0 aliphatic rings. The van der Waals surface area contributed by atoms with E-state index < -0.39 is 6.10 Å². The Morgan fingerprint density at radius 2 is 1.95 bits per heavy atom. The fourth-order valence-electron chi connectivity index (χ4n) is 2.46. The molecule has 3 aromatic rings. The molecule has 1 atom stereocenters. The molecule has 3 heteroatoms. The Kier molecular flexibility index (Phi) is 3.51. The number of para-hydroxylation sites is 1. The van der Waals surface area contributed by atoms with Crippen LogP contribution >= 0.6 is 11.6 Å². The van der Waals surface area contributed by atoms with Gasteiger partial charge in [0.25, 0.3) is 0 Å². The molecule has 0 spiro atoms. The molecule has 0 fully saturated rings. The van der Waals surface area contributed by atoms with E-state index in [1.165, 1.54) is 0 Å². The van der Waals surface area contributed by atoms with E-state index in [0.29, 0.717) is 16.4 Å². The Morgan fingerprint density at radius 1 is 1.15 bits per heavy atom. The molecule has 3 rings (SSSR count). The number of halogens is 1. The van der Waals surface area contributed by atoms with E-state index in [-0.39, 0.29) is 0 Å². The van der Waals surface area contributed by atoms with Crippen molar-refractivity contribution in [3.05, 3.63) is 70.4 Å². The molecule has 0 bridgehead atoms. The monoisotopic (exact) mass is 286 g/mol. The lowest BCUT2D eigenvalue weighted by Gasteiger charge is -2.12. The van der Waals surface area contributed by atoms with E-state index in [2.05, 4.69) is 6.92 Å². The first-order chi connectivity index (χ1) is 9.70. The van der Waals surface area contributed by atoms with Crippen molar-refractivity contribution < 1.29 is 9.52 Å². The normalized spacial score (nSPS) is 12.8. The van der Waals surface area contributed by atoms with Crippen LogP contribution in [0.2, 0.25) is 5.02 Å². The zero-order chi connectivity index (χ0) is 14.1. The van der Waals surface area contributed by atoms with Gasteiger partial charge in [-0.05, 0) is 29.7 Å². The molecule has 102 valence electrons. The Labute approximate surface area is 122 Å². The minimum atomic E-state index is -0.769. The van der Waals surface area contributed by atoms with Gasteiger partial charge in [-0.1, -0.05) is 54.9 Å². The van der Waals surface area contributed by atoms with Crippen LogP contribution in [-0.4, -0.2) is 5.11 Å². The van der Waals surface area contributed by atoms with Gasteiger partial charge in [-0.25, -0.2) is 0 Å². The average Bonchev–Trinajstić information content (AvgIpc) is 2.92. The molecule has 1 unspecified atom stereocenters. The Balaban J connectivity index is 2.08. The first kappa shape index (κ1) is 13.2. The smallest absolute Gasteiger partial charge is 0.153 e. The largest absolute Gasteiger partial charge is 0.456 e. The van der Waals surface area contributed by atoms with Gasteiger partial charge in [0.1, 0.15) is 11.9 Å². The van der Waals surface area contributed by atoms with E-state index in [0.717, 1.165) is 22.9 Å². The van der Waals surface area contributed by atoms with Crippen LogP contribution in [0.15, 0.2) is 52.9 Å². The third-order valence-corrected chi connectivity index (χ3v) is 3.81. The van der Waals surface area contributed by atoms with Crippen LogP contribution < -0.4 is 0 Å². The summed E-state index contributed by atoms with van der Waals surface area (Å²) in [7, 11) is 0. The maximum Gasteiger partial charge on any atom is 0.153 e. The topological polar surface area (TPSA) is 33.4 Å². The van der Waals surface area contributed by atoms with Gasteiger partial charge in [0, 0.05) is 5.39 Å². The zero-order valence-electron chi connectivity index (χ0n) is 11.1. The van der Waals surface area contributed by atoms with E-state index in [1.807, 2.05) is 42.5 Å². The molecule has 1 heterocycles. The summed E-state index contributed by atoms with van der Waals surface area (Å²) in [6, 6.07) is 15.3. The van der Waals surface area contributed by atoms with Crippen LogP contribution in [0.4, 0.5) is 0 Å². The minimum Gasteiger partial charge on any atom is -0.456 e. The summed E-state index contributed by atoms with van der Waals surface area (Å²) in [5.74, 6) is 0.522. The first-order valence-corrected chi connectivity index (χ1v) is 7.02. The molecule has 20 heavy (non-hydrogen) atoms. The second-order valence-corrected chi connectivity index (χ2v) is 5.17. The highest BCUT2D eigenvalue weighted by atomic mass is 35.5. The molecule has 0 aliphatic heterocycles. The van der Waals surface area contributed by atoms with Crippen molar-refractivity contribution in [2.24, 2.45) is 0 Å². The fraction of sp³-hybridized carbons (Fsp3) is 0.176. The molecule has 2 nitrogen and oxygen atoms in total. The van der Waals surface area contributed by atoms with E-state index in [1.54, 1.807) is 6.07 Å². The quantitative estimate of drug-likeness (QED) is 0.755. The molecule has 0 saturated heterocycles. The highest BCUT2D eigenvalue weighted by Gasteiger charge is 2.18. The Bertz CT molecular complexity index is 746. The van der Waals surface area contributed by atoms with Gasteiger partial charge >= 0.3 is 0 Å². The minimum absolute atomic E-state index is 0.522. The van der Waals surface area contributed by atoms with Crippen molar-refractivity contribution in [3.8, 4) is 0 Å². The van der Waals surface area contributed by atoms with Crippen molar-refractivity contribution in [1.29, 1.82) is 0 Å². The molecule has 1 aromatic heterocycles. The third-order valence-electron chi connectivity index (χ3n) is 3.52. The second kappa shape index (κ2) is 5.31. The SMILES string of the molecule is CCc1ccccc1C(O)c1cc2cccc(Cl)c2o1. The van der Waals surface area contributed by atoms with Crippen molar-refractivity contribution in [1.82, 2.24) is 0 Å². The maximum atomic E-state index is 10.6. The Hall–Kier alpha value is -1.77. The molecule has 0 radical (unpaired) electrons. The number of aliphatic hydroxyl groups is 1. The number of rotatable bonds is 3. The molecular formula is C17H15ClO2. The van der Waals surface area contributed by atoms with Gasteiger partial charge in [0.05, 0.1) is 5.02 Å². The zero-order valence-corrected chi connectivity index (χ0v) is 11.9. The van der Waals surface area contributed by atoms with Crippen molar-refractivity contribution in [3.63, 3.8) is 0 Å². The van der Waals surface area contributed by atoms with Crippen molar-refractivity contribution in [2.45, 2.75) is 19.4 Å². The molecule has 2 aromatic carbocycles. The average molecular weight is 287 g/mol. The van der Waals surface area contributed by atoms with Gasteiger partial charge in [0.2, 0.25) is 0 Å². The number of benzene rings is 2. The van der Waals surface area contributed by atoms with E-state index in [9.17, 15) is 5.11 Å². The molecule has 1 N–H and O–H groups in total. The van der Waals surface area contributed by atoms with Gasteiger partial charge < -0.3 is 9.52 Å². The summed E-state index contributed by atoms with van der Waals surface area (Å²) in [5, 5.41) is 12.0. The van der Waals surface area contributed by atoms with Crippen LogP contribution in [0.5, 0.6) is 0 Å². The van der Waals surface area contributed by atoms with Crippen LogP contribution in [0.1, 0.15) is 29.9 Å². The van der Waals surface area contributed by atoms with Crippen LogP contribution in [0, 0.1) is 0 Å². The number of fused-ring (bicyclic) bond motifs is 1. The summed E-state index contributed by atoms with van der Waals surface area (Å²) in [4.78, 5) is 0. The van der Waals surface area contributed by atoms with Gasteiger partial charge in [-0.3, -0.25) is 0 Å². The number of aryl methyl sites for hydroxylation is 1. The standard InChI is InChI=1S/C17H15ClO2/c1-2-11-6-3-4-8-13(11)16(19)15-10-12-7-5-9-14(18)17(12)20-15/h3-10,16,19H,2H2,1H3. The van der Waals surface area contributed by atoms with E-state index >= 15 is 0 Å². The number of hydrogen-bond donors (Lipinski definition) is 1. The number of aliphatic hydroxyl groups excluding tert-OH is 1. The van der Waals surface area contributed by atoms with Gasteiger partial charge in [0.15, 0.2) is 5.58 Å². The lowest BCUT2D eigenvalue weighted by molar-refractivity contribution is 0.191. The fourth-order valence-corrected chi connectivity index (χ4v) is 2.68. The van der Waals surface area contributed by atoms with Crippen molar-refractivity contribution in [2.75, 3.05) is 0 Å². The lowest BCUT2D eigenvalue weighted by atomic mass is 9.99. The summed E-state index contributed by atoms with van der Waals surface area (Å²) in [6.45, 7) is 2.07. The van der Waals surface area contributed by atoms with Gasteiger partial charge in [-0.15, -0.1) is 0 Å². The second-order valence-electron chi connectivity index (χ2n) is 4.76.